The van der Waals surface area contributed by atoms with Gasteiger partial charge in [-0.3, -0.25) is 0 Å². The standard InChI is InChI=1S/C7H8O.C6H17BOSi2/c1-8-7-5-3-2-4-6-7;1-6-9(2,3)8-10(4,5)7/h2-6H,1H3;6H2,1-5H3. The average Bonchev–Trinajstić information content (AvgIpc) is 2.28. The Morgan fingerprint density at radius 3 is 1.78 bits per heavy atom. The number of benzene rings is 1. The molecule has 100 valence electrons. The van der Waals surface area contributed by atoms with Gasteiger partial charge in [0, 0.05) is 0 Å². The van der Waals surface area contributed by atoms with Crippen molar-refractivity contribution in [1.82, 2.24) is 0 Å². The van der Waals surface area contributed by atoms with Crippen molar-refractivity contribution in [2.75, 3.05) is 7.11 Å². The predicted octanol–water partition coefficient (Wildman–Crippen LogP) is 3.79. The fourth-order valence-electron chi connectivity index (χ4n) is 1.34. The molecule has 0 aromatic heterocycles. The Morgan fingerprint density at radius 1 is 1.06 bits per heavy atom. The quantitative estimate of drug-likeness (QED) is 0.781. The summed E-state index contributed by atoms with van der Waals surface area (Å²) in [5.41, 5.74) is 0. The molecule has 0 saturated carbocycles. The highest BCUT2D eigenvalue weighted by Crippen LogP contribution is 2.15. The van der Waals surface area contributed by atoms with E-state index in [1.54, 1.807) is 7.11 Å². The second kappa shape index (κ2) is 7.81. The van der Waals surface area contributed by atoms with Gasteiger partial charge in [-0.25, -0.2) is 0 Å². The SMILES string of the molecule is COc1ccccc1.[B][Si](C)(C)O[Si](C)(C)CC. The summed E-state index contributed by atoms with van der Waals surface area (Å²) < 4.78 is 10.7. The molecule has 0 aliphatic rings. The Balaban J connectivity index is 0.000000327. The van der Waals surface area contributed by atoms with Gasteiger partial charge in [-0.15, -0.1) is 0 Å². The van der Waals surface area contributed by atoms with Crippen LogP contribution in [0.25, 0.3) is 0 Å². The van der Waals surface area contributed by atoms with E-state index in [1.165, 1.54) is 0 Å². The molecule has 2 radical (unpaired) electrons. The van der Waals surface area contributed by atoms with E-state index in [0.29, 0.717) is 0 Å². The Bertz CT molecular complexity index is 324. The molecule has 0 bridgehead atoms. The summed E-state index contributed by atoms with van der Waals surface area (Å²) in [6.45, 7) is 10.7. The summed E-state index contributed by atoms with van der Waals surface area (Å²) in [5.74, 6) is 0.910. The van der Waals surface area contributed by atoms with Crippen LogP contribution in [0.4, 0.5) is 0 Å². The van der Waals surface area contributed by atoms with Gasteiger partial charge in [-0.2, -0.15) is 0 Å². The third-order valence-corrected chi connectivity index (χ3v) is 8.39. The fraction of sp³-hybridized carbons (Fsp3) is 0.538. The second-order valence-corrected chi connectivity index (χ2v) is 13.6. The summed E-state index contributed by atoms with van der Waals surface area (Å²) >= 11 is 0. The molecular formula is C13H25BO2Si2. The van der Waals surface area contributed by atoms with E-state index < -0.39 is 16.5 Å². The van der Waals surface area contributed by atoms with Crippen LogP contribution in [0.3, 0.4) is 0 Å². The molecule has 0 N–H and O–H groups in total. The molecule has 0 heterocycles. The van der Waals surface area contributed by atoms with Crippen LogP contribution in [0, 0.1) is 0 Å². The van der Waals surface area contributed by atoms with E-state index in [2.05, 4.69) is 20.0 Å². The van der Waals surface area contributed by atoms with E-state index in [0.717, 1.165) is 11.8 Å². The highest BCUT2D eigenvalue weighted by atomic mass is 28.4. The summed E-state index contributed by atoms with van der Waals surface area (Å²) in [6, 6.07) is 10.8. The predicted molar refractivity (Wildman–Crippen MR) is 85.3 cm³/mol. The smallest absolute Gasteiger partial charge is 0.172 e. The first-order valence-electron chi connectivity index (χ1n) is 6.28. The van der Waals surface area contributed by atoms with E-state index in [9.17, 15) is 0 Å². The van der Waals surface area contributed by atoms with Crippen LogP contribution in [0.2, 0.25) is 32.2 Å². The van der Waals surface area contributed by atoms with Crippen molar-refractivity contribution in [3.63, 3.8) is 0 Å². The molecule has 2 nitrogen and oxygen atoms in total. The maximum atomic E-state index is 5.85. The zero-order chi connectivity index (χ0) is 14.2. The summed E-state index contributed by atoms with van der Waals surface area (Å²) in [5, 5.41) is 0. The fourth-order valence-corrected chi connectivity index (χ4v) is 7.62. The van der Waals surface area contributed by atoms with Crippen LogP contribution in [-0.2, 0) is 4.12 Å². The third kappa shape index (κ3) is 9.50. The minimum Gasteiger partial charge on any atom is -0.497 e. The molecule has 1 aromatic carbocycles. The third-order valence-electron chi connectivity index (χ3n) is 2.37. The van der Waals surface area contributed by atoms with Gasteiger partial charge in [-0.1, -0.05) is 38.2 Å². The first kappa shape index (κ1) is 17.5. The number of ether oxygens (including phenoxy) is 1. The van der Waals surface area contributed by atoms with E-state index >= 15 is 0 Å². The van der Waals surface area contributed by atoms with Crippen molar-refractivity contribution in [3.05, 3.63) is 30.3 Å². The molecule has 0 aliphatic carbocycles. The lowest BCUT2D eigenvalue weighted by molar-refractivity contribution is 0.415. The Morgan fingerprint density at radius 2 is 1.56 bits per heavy atom. The zero-order valence-corrected chi connectivity index (χ0v) is 14.5. The number of methoxy groups -OCH3 is 1. The lowest BCUT2D eigenvalue weighted by atomic mass is 10.3. The highest BCUT2D eigenvalue weighted by molar-refractivity contribution is 7.14. The van der Waals surface area contributed by atoms with Crippen LogP contribution in [0.15, 0.2) is 30.3 Å². The van der Waals surface area contributed by atoms with Crippen LogP contribution >= 0.6 is 0 Å². The molecule has 0 atom stereocenters. The molecule has 0 unspecified atom stereocenters. The Hall–Kier alpha value is -0.521. The number of para-hydroxylation sites is 1. The summed E-state index contributed by atoms with van der Waals surface area (Å²) in [6.07, 6.45) is 0. The van der Waals surface area contributed by atoms with E-state index in [-0.39, 0.29) is 0 Å². The molecule has 0 fully saturated rings. The van der Waals surface area contributed by atoms with Crippen molar-refractivity contribution in [1.29, 1.82) is 0 Å². The topological polar surface area (TPSA) is 18.5 Å². The highest BCUT2D eigenvalue weighted by Gasteiger charge is 2.26. The minimum absolute atomic E-state index is 0.910. The molecule has 18 heavy (non-hydrogen) atoms. The van der Waals surface area contributed by atoms with Crippen molar-refractivity contribution >= 4 is 23.9 Å². The maximum Gasteiger partial charge on any atom is 0.172 e. The number of hydrogen-bond acceptors (Lipinski definition) is 2. The van der Waals surface area contributed by atoms with Crippen molar-refractivity contribution in [2.45, 2.75) is 39.2 Å². The lowest BCUT2D eigenvalue weighted by Crippen LogP contribution is -2.44. The molecule has 0 amide bonds. The molecule has 1 aromatic rings. The van der Waals surface area contributed by atoms with Gasteiger partial charge in [-0.05, 0) is 31.3 Å². The molecule has 0 aliphatic heterocycles. The summed E-state index contributed by atoms with van der Waals surface area (Å²) in [7, 11) is 4.38. The summed E-state index contributed by atoms with van der Waals surface area (Å²) in [4.78, 5) is 0. The molecule has 1 rings (SSSR count). The van der Waals surface area contributed by atoms with E-state index in [1.807, 2.05) is 43.4 Å². The zero-order valence-electron chi connectivity index (χ0n) is 12.5. The van der Waals surface area contributed by atoms with Crippen molar-refractivity contribution in [3.8, 4) is 5.75 Å². The monoisotopic (exact) mass is 280 g/mol. The molecule has 5 heteroatoms. The van der Waals surface area contributed by atoms with Gasteiger partial charge in [0.15, 0.2) is 8.32 Å². The second-order valence-electron chi connectivity index (χ2n) is 5.34. The number of rotatable bonds is 4. The van der Waals surface area contributed by atoms with Gasteiger partial charge in [0.05, 0.1) is 14.5 Å². The molecule has 0 saturated heterocycles. The Kier molecular flexibility index (Phi) is 7.59. The van der Waals surface area contributed by atoms with Crippen LogP contribution in [0.5, 0.6) is 5.75 Å². The largest absolute Gasteiger partial charge is 0.497 e. The van der Waals surface area contributed by atoms with Crippen molar-refractivity contribution < 1.29 is 8.85 Å². The molecule has 0 spiro atoms. The maximum absolute atomic E-state index is 5.85. The van der Waals surface area contributed by atoms with Gasteiger partial charge in [0.1, 0.15) is 13.9 Å². The van der Waals surface area contributed by atoms with Gasteiger partial charge in [0.2, 0.25) is 0 Å². The first-order chi connectivity index (χ1) is 8.20. The normalized spacial score (nSPS) is 11.4. The van der Waals surface area contributed by atoms with Crippen LogP contribution in [0.1, 0.15) is 6.92 Å². The van der Waals surface area contributed by atoms with Crippen LogP contribution < -0.4 is 4.74 Å². The van der Waals surface area contributed by atoms with Gasteiger partial charge >= 0.3 is 0 Å². The van der Waals surface area contributed by atoms with E-state index in [4.69, 9.17) is 16.3 Å². The average molecular weight is 280 g/mol. The Labute approximate surface area is 115 Å². The first-order valence-corrected chi connectivity index (χ1v) is 12.4. The van der Waals surface area contributed by atoms with Gasteiger partial charge in [0.25, 0.3) is 0 Å². The van der Waals surface area contributed by atoms with Crippen molar-refractivity contribution in [2.24, 2.45) is 0 Å². The minimum atomic E-state index is -1.75. The number of hydrogen-bond donors (Lipinski definition) is 0. The van der Waals surface area contributed by atoms with Crippen LogP contribution in [-0.4, -0.2) is 31.1 Å². The lowest BCUT2D eigenvalue weighted by Gasteiger charge is -2.31. The molecular weight excluding hydrogens is 255 g/mol. The van der Waals surface area contributed by atoms with Gasteiger partial charge < -0.3 is 8.85 Å².